The van der Waals surface area contributed by atoms with Crippen LogP contribution in [0.25, 0.3) is 0 Å². The zero-order valence-electron chi connectivity index (χ0n) is 8.63. The van der Waals surface area contributed by atoms with Gasteiger partial charge in [0.05, 0.1) is 11.1 Å². The Morgan fingerprint density at radius 3 is 1.78 bits per heavy atom. The predicted molar refractivity (Wildman–Crippen MR) is 52.5 cm³/mol. The van der Waals surface area contributed by atoms with E-state index < -0.39 is 40.0 Å². The molecule has 0 saturated heterocycles. The molecule has 0 heterocycles. The van der Waals surface area contributed by atoms with Gasteiger partial charge in [-0.15, -0.1) is 0 Å². The molecule has 1 atom stereocenters. The van der Waals surface area contributed by atoms with Crippen LogP contribution in [-0.4, -0.2) is 22.8 Å². The Balaban J connectivity index is 3.68. The molecule has 1 aliphatic carbocycles. The largest absolute Gasteiger partial charge is 0.380 e. The highest BCUT2D eigenvalue weighted by Crippen LogP contribution is 2.28. The SMILES string of the molecule is N#CC(C#N)=C1C(=O)C(=C(C#N)C#N)C(O)C1=O. The Morgan fingerprint density at radius 2 is 1.39 bits per heavy atom. The van der Waals surface area contributed by atoms with Crippen LogP contribution in [0.15, 0.2) is 22.3 Å². The molecule has 7 nitrogen and oxygen atoms in total. The molecule has 0 aromatic heterocycles. The summed E-state index contributed by atoms with van der Waals surface area (Å²) in [5, 5.41) is 43.9. The molecule has 0 aliphatic heterocycles. The van der Waals surface area contributed by atoms with E-state index in [0.717, 1.165) is 0 Å². The smallest absolute Gasteiger partial charge is 0.202 e. The van der Waals surface area contributed by atoms with Crippen LogP contribution in [0, 0.1) is 45.3 Å². The Hall–Kier alpha value is -3.26. The van der Waals surface area contributed by atoms with Crippen molar-refractivity contribution in [3.8, 4) is 24.3 Å². The Labute approximate surface area is 101 Å². The zero-order chi connectivity index (χ0) is 13.9. The highest BCUT2D eigenvalue weighted by atomic mass is 16.3. The first kappa shape index (κ1) is 12.8. The van der Waals surface area contributed by atoms with E-state index in [2.05, 4.69) is 0 Å². The van der Waals surface area contributed by atoms with Crippen LogP contribution in [0.1, 0.15) is 0 Å². The molecule has 1 aliphatic rings. The van der Waals surface area contributed by atoms with Crippen LogP contribution in [0.5, 0.6) is 0 Å². The Bertz CT molecular complexity index is 654. The number of ketones is 2. The number of rotatable bonds is 0. The van der Waals surface area contributed by atoms with Crippen LogP contribution >= 0.6 is 0 Å². The van der Waals surface area contributed by atoms with Gasteiger partial charge >= 0.3 is 0 Å². The number of carbonyl (C=O) groups is 2. The third kappa shape index (κ3) is 1.64. The summed E-state index contributed by atoms with van der Waals surface area (Å²) in [6.45, 7) is 0. The molecule has 1 rings (SSSR count). The maximum Gasteiger partial charge on any atom is 0.202 e. The van der Waals surface area contributed by atoms with Crippen molar-refractivity contribution in [2.45, 2.75) is 6.10 Å². The Morgan fingerprint density at radius 1 is 0.944 bits per heavy atom. The van der Waals surface area contributed by atoms with E-state index in [9.17, 15) is 14.7 Å². The van der Waals surface area contributed by atoms with E-state index in [4.69, 9.17) is 21.0 Å². The highest BCUT2D eigenvalue weighted by Gasteiger charge is 2.44. The fourth-order valence-corrected chi connectivity index (χ4v) is 1.41. The lowest BCUT2D eigenvalue weighted by Gasteiger charge is -1.97. The van der Waals surface area contributed by atoms with Crippen molar-refractivity contribution in [2.75, 3.05) is 0 Å². The van der Waals surface area contributed by atoms with Gasteiger partial charge in [0.25, 0.3) is 0 Å². The number of carbonyl (C=O) groups excluding carboxylic acids is 2. The quantitative estimate of drug-likeness (QED) is 0.329. The molecule has 1 N–H and O–H groups in total. The van der Waals surface area contributed by atoms with Crippen molar-refractivity contribution in [3.05, 3.63) is 22.3 Å². The van der Waals surface area contributed by atoms with Crippen LogP contribution in [0.3, 0.4) is 0 Å². The zero-order valence-corrected chi connectivity index (χ0v) is 8.63. The average molecular weight is 238 g/mol. The summed E-state index contributed by atoms with van der Waals surface area (Å²) in [5.74, 6) is -2.29. The minimum absolute atomic E-state index is 0.692. The maximum absolute atomic E-state index is 11.7. The van der Waals surface area contributed by atoms with E-state index in [1.165, 1.54) is 24.3 Å². The topological polar surface area (TPSA) is 150 Å². The van der Waals surface area contributed by atoms with E-state index in [1.807, 2.05) is 0 Å². The summed E-state index contributed by atoms with van der Waals surface area (Å²) in [4.78, 5) is 23.3. The molecular formula is C11H2N4O3. The summed E-state index contributed by atoms with van der Waals surface area (Å²) in [5.41, 5.74) is -2.95. The number of nitriles is 4. The van der Waals surface area contributed by atoms with Crippen molar-refractivity contribution in [1.29, 1.82) is 21.0 Å². The molecule has 0 amide bonds. The molecule has 1 unspecified atom stereocenters. The third-order valence-electron chi connectivity index (χ3n) is 2.21. The van der Waals surface area contributed by atoms with Gasteiger partial charge in [-0.25, -0.2) is 0 Å². The second-order valence-corrected chi connectivity index (χ2v) is 3.08. The molecule has 0 spiro atoms. The van der Waals surface area contributed by atoms with Gasteiger partial charge in [0.1, 0.15) is 41.5 Å². The Kier molecular flexibility index (Phi) is 3.36. The van der Waals surface area contributed by atoms with Crippen molar-refractivity contribution in [3.63, 3.8) is 0 Å². The van der Waals surface area contributed by atoms with Crippen LogP contribution in [0.4, 0.5) is 0 Å². The van der Waals surface area contributed by atoms with Crippen molar-refractivity contribution >= 4 is 11.6 Å². The normalized spacial score (nSPS) is 17.5. The first-order chi connectivity index (χ1) is 8.53. The molecule has 7 heteroatoms. The fourth-order valence-electron chi connectivity index (χ4n) is 1.41. The van der Waals surface area contributed by atoms with Crippen molar-refractivity contribution < 1.29 is 14.7 Å². The minimum atomic E-state index is -1.99. The van der Waals surface area contributed by atoms with Gasteiger partial charge in [0.2, 0.25) is 5.78 Å². The van der Waals surface area contributed by atoms with E-state index in [1.54, 1.807) is 0 Å². The molecule has 0 aromatic carbocycles. The standard InChI is InChI=1S/C11H2N4O3/c12-1-5(2-13)7-9(16)8(6(3-14)4-15)11(18)10(7)17/h10,17H. The first-order valence-corrected chi connectivity index (χ1v) is 4.39. The van der Waals surface area contributed by atoms with Crippen molar-refractivity contribution in [2.24, 2.45) is 0 Å². The molecule has 18 heavy (non-hydrogen) atoms. The van der Waals surface area contributed by atoms with Crippen molar-refractivity contribution in [1.82, 2.24) is 0 Å². The van der Waals surface area contributed by atoms with E-state index in [-0.39, 0.29) is 0 Å². The van der Waals surface area contributed by atoms with E-state index in [0.29, 0.717) is 0 Å². The fraction of sp³-hybridized carbons (Fsp3) is 0.0909. The van der Waals surface area contributed by atoms with Crippen LogP contribution in [-0.2, 0) is 9.59 Å². The average Bonchev–Trinajstić information content (AvgIpc) is 2.59. The van der Waals surface area contributed by atoms with Gasteiger partial charge in [0.15, 0.2) is 5.78 Å². The number of nitrogens with zero attached hydrogens (tertiary/aromatic N) is 4. The lowest BCUT2D eigenvalue weighted by molar-refractivity contribution is -0.120. The number of hydrogen-bond acceptors (Lipinski definition) is 7. The molecule has 0 bridgehead atoms. The van der Waals surface area contributed by atoms with Crippen LogP contribution < -0.4 is 0 Å². The van der Waals surface area contributed by atoms with Gasteiger partial charge in [-0.1, -0.05) is 0 Å². The highest BCUT2D eigenvalue weighted by molar-refractivity contribution is 6.37. The van der Waals surface area contributed by atoms with Gasteiger partial charge in [-0.3, -0.25) is 9.59 Å². The molecule has 84 valence electrons. The summed E-state index contributed by atoms with van der Waals surface area (Å²) in [6.07, 6.45) is -1.99. The van der Waals surface area contributed by atoms with Gasteiger partial charge < -0.3 is 5.11 Å². The summed E-state index contributed by atoms with van der Waals surface area (Å²) in [6, 6.07) is 5.43. The van der Waals surface area contributed by atoms with Gasteiger partial charge in [0, 0.05) is 0 Å². The number of hydrogen-bond donors (Lipinski definition) is 1. The molecule has 1 fully saturated rings. The lowest BCUT2D eigenvalue weighted by atomic mass is 10.0. The minimum Gasteiger partial charge on any atom is -0.380 e. The first-order valence-electron chi connectivity index (χ1n) is 4.39. The number of Topliss-reactive ketones (excluding diaryl/α,β-unsaturated/α-hetero) is 2. The van der Waals surface area contributed by atoms with Gasteiger partial charge in [-0.05, 0) is 0 Å². The number of allylic oxidation sites excluding steroid dienone is 2. The molecular weight excluding hydrogens is 236 g/mol. The van der Waals surface area contributed by atoms with E-state index >= 15 is 0 Å². The maximum atomic E-state index is 11.7. The van der Waals surface area contributed by atoms with Gasteiger partial charge in [-0.2, -0.15) is 21.0 Å². The van der Waals surface area contributed by atoms with Crippen LogP contribution in [0.2, 0.25) is 0 Å². The molecule has 1 saturated carbocycles. The second-order valence-electron chi connectivity index (χ2n) is 3.08. The second kappa shape index (κ2) is 4.72. The number of aliphatic hydroxyl groups is 1. The summed E-state index contributed by atoms with van der Waals surface area (Å²) in [7, 11) is 0. The molecule has 0 radical (unpaired) electrons. The third-order valence-corrected chi connectivity index (χ3v) is 2.21. The predicted octanol–water partition coefficient (Wildman–Crippen LogP) is -0.813. The number of aliphatic hydroxyl groups excluding tert-OH is 1. The summed E-state index contributed by atoms with van der Waals surface area (Å²) < 4.78 is 0. The monoisotopic (exact) mass is 238 g/mol. The molecule has 0 aromatic rings. The summed E-state index contributed by atoms with van der Waals surface area (Å²) >= 11 is 0. The lowest BCUT2D eigenvalue weighted by Crippen LogP contribution is -2.16.